The van der Waals surface area contributed by atoms with E-state index in [2.05, 4.69) is 9.55 Å². The monoisotopic (exact) mass is 281 g/mol. The maximum Gasteiger partial charge on any atom is 0.143 e. The van der Waals surface area contributed by atoms with Crippen molar-refractivity contribution in [3.05, 3.63) is 47.8 Å². The molecule has 0 amide bonds. The second-order valence-electron chi connectivity index (χ2n) is 5.71. The average Bonchev–Trinajstić information content (AvgIpc) is 3.23. The van der Waals surface area contributed by atoms with Crippen LogP contribution in [0.4, 0.5) is 10.1 Å². The van der Waals surface area contributed by atoms with E-state index in [1.165, 1.54) is 12.1 Å². The maximum atomic E-state index is 13.5. The van der Waals surface area contributed by atoms with Crippen LogP contribution in [-0.4, -0.2) is 9.55 Å². The number of fused-ring (bicyclic) bond motifs is 1. The highest BCUT2D eigenvalue weighted by atomic mass is 19.1. The van der Waals surface area contributed by atoms with Crippen molar-refractivity contribution in [1.82, 2.24) is 9.55 Å². The van der Waals surface area contributed by atoms with Gasteiger partial charge in [-0.05, 0) is 43.5 Å². The fourth-order valence-corrected chi connectivity index (χ4v) is 2.84. The van der Waals surface area contributed by atoms with E-state index in [9.17, 15) is 4.39 Å². The Labute approximate surface area is 122 Å². The van der Waals surface area contributed by atoms with E-state index >= 15 is 0 Å². The molecule has 2 N–H and O–H groups in total. The van der Waals surface area contributed by atoms with E-state index in [1.807, 2.05) is 31.2 Å². The summed E-state index contributed by atoms with van der Waals surface area (Å²) in [5.74, 6) is 0.589. The summed E-state index contributed by atoms with van der Waals surface area (Å²) < 4.78 is 15.7. The minimum Gasteiger partial charge on any atom is -0.398 e. The van der Waals surface area contributed by atoms with Crippen molar-refractivity contribution in [3.8, 4) is 11.4 Å². The van der Waals surface area contributed by atoms with E-state index in [4.69, 9.17) is 5.73 Å². The van der Waals surface area contributed by atoms with Crippen molar-refractivity contribution in [2.24, 2.45) is 0 Å². The van der Waals surface area contributed by atoms with Crippen molar-refractivity contribution in [2.45, 2.75) is 25.8 Å². The summed E-state index contributed by atoms with van der Waals surface area (Å²) in [6.07, 6.45) is 2.28. The minimum absolute atomic E-state index is 0.258. The smallest absolute Gasteiger partial charge is 0.143 e. The molecule has 0 saturated heterocycles. The van der Waals surface area contributed by atoms with Crippen LogP contribution in [0.3, 0.4) is 0 Å². The average molecular weight is 281 g/mol. The molecule has 3 aromatic rings. The molecule has 0 radical (unpaired) electrons. The SMILES string of the molecule is Cc1cccc(-c2nc3cc(F)ccc3n2C2CC2)c1N. The zero-order valence-electron chi connectivity index (χ0n) is 11.8. The highest BCUT2D eigenvalue weighted by Gasteiger charge is 2.29. The number of nitrogens with zero attached hydrogens (tertiary/aromatic N) is 2. The fraction of sp³-hybridized carbons (Fsp3) is 0.235. The Morgan fingerprint density at radius 2 is 2.05 bits per heavy atom. The first-order valence-electron chi connectivity index (χ1n) is 7.18. The molecule has 1 fully saturated rings. The highest BCUT2D eigenvalue weighted by Crippen LogP contribution is 2.42. The first kappa shape index (κ1) is 12.4. The molecule has 106 valence electrons. The van der Waals surface area contributed by atoms with E-state index in [1.54, 1.807) is 0 Å². The van der Waals surface area contributed by atoms with Gasteiger partial charge in [-0.15, -0.1) is 0 Å². The Hall–Kier alpha value is -2.36. The molecule has 1 saturated carbocycles. The van der Waals surface area contributed by atoms with Crippen LogP contribution in [0, 0.1) is 12.7 Å². The Kier molecular flexibility index (Phi) is 2.55. The van der Waals surface area contributed by atoms with Gasteiger partial charge in [-0.3, -0.25) is 0 Å². The minimum atomic E-state index is -0.258. The lowest BCUT2D eigenvalue weighted by molar-refractivity contribution is 0.629. The first-order valence-corrected chi connectivity index (χ1v) is 7.18. The number of hydrogen-bond acceptors (Lipinski definition) is 2. The van der Waals surface area contributed by atoms with Gasteiger partial charge in [0, 0.05) is 23.4 Å². The Balaban J connectivity index is 2.03. The summed E-state index contributed by atoms with van der Waals surface area (Å²) in [5, 5.41) is 0. The molecule has 0 bridgehead atoms. The van der Waals surface area contributed by atoms with Gasteiger partial charge in [0.05, 0.1) is 11.0 Å². The summed E-state index contributed by atoms with van der Waals surface area (Å²) in [6.45, 7) is 1.99. The van der Waals surface area contributed by atoms with Crippen molar-refractivity contribution in [2.75, 3.05) is 5.73 Å². The molecule has 1 aliphatic rings. The lowest BCUT2D eigenvalue weighted by Gasteiger charge is -2.11. The Morgan fingerprint density at radius 3 is 2.81 bits per heavy atom. The molecule has 1 aliphatic carbocycles. The van der Waals surface area contributed by atoms with Crippen LogP contribution in [0.15, 0.2) is 36.4 Å². The standard InChI is InChI=1S/C17H16FN3/c1-10-3-2-4-13(16(10)19)17-20-14-9-11(18)5-8-15(14)21(17)12-6-7-12/h2-5,8-9,12H,6-7,19H2,1H3. The number of nitrogen functional groups attached to an aromatic ring is 1. The van der Waals surface area contributed by atoms with Crippen LogP contribution < -0.4 is 5.73 Å². The van der Waals surface area contributed by atoms with E-state index < -0.39 is 0 Å². The third-order valence-electron chi connectivity index (χ3n) is 4.13. The Morgan fingerprint density at radius 1 is 1.24 bits per heavy atom. The molecule has 4 heteroatoms. The molecule has 2 aromatic carbocycles. The lowest BCUT2D eigenvalue weighted by Crippen LogP contribution is -2.01. The molecule has 0 atom stereocenters. The van der Waals surface area contributed by atoms with Gasteiger partial charge < -0.3 is 10.3 Å². The number of hydrogen-bond donors (Lipinski definition) is 1. The van der Waals surface area contributed by atoms with Crippen molar-refractivity contribution in [1.29, 1.82) is 0 Å². The Bertz CT molecular complexity index is 847. The lowest BCUT2D eigenvalue weighted by atomic mass is 10.1. The third-order valence-corrected chi connectivity index (χ3v) is 4.13. The van der Waals surface area contributed by atoms with Crippen LogP contribution >= 0.6 is 0 Å². The van der Waals surface area contributed by atoms with Crippen LogP contribution in [0.2, 0.25) is 0 Å². The maximum absolute atomic E-state index is 13.5. The zero-order valence-corrected chi connectivity index (χ0v) is 11.8. The number of benzene rings is 2. The second-order valence-corrected chi connectivity index (χ2v) is 5.71. The molecule has 4 rings (SSSR count). The molecular formula is C17H16FN3. The van der Waals surface area contributed by atoms with Gasteiger partial charge in [-0.25, -0.2) is 9.37 Å². The van der Waals surface area contributed by atoms with Gasteiger partial charge in [-0.2, -0.15) is 0 Å². The number of aromatic nitrogens is 2. The largest absolute Gasteiger partial charge is 0.398 e. The third kappa shape index (κ3) is 1.90. The van der Waals surface area contributed by atoms with Crippen LogP contribution in [0.25, 0.3) is 22.4 Å². The molecule has 0 spiro atoms. The molecular weight excluding hydrogens is 265 g/mol. The van der Waals surface area contributed by atoms with Crippen molar-refractivity contribution >= 4 is 16.7 Å². The summed E-state index contributed by atoms with van der Waals surface area (Å²) in [5.41, 5.74) is 10.6. The quantitative estimate of drug-likeness (QED) is 0.720. The number of rotatable bonds is 2. The molecule has 3 nitrogen and oxygen atoms in total. The number of nitrogens with two attached hydrogens (primary N) is 1. The predicted molar refractivity (Wildman–Crippen MR) is 82.5 cm³/mol. The van der Waals surface area contributed by atoms with Gasteiger partial charge in [-0.1, -0.05) is 12.1 Å². The number of halogens is 1. The highest BCUT2D eigenvalue weighted by molar-refractivity contribution is 5.84. The van der Waals surface area contributed by atoms with Gasteiger partial charge in [0.25, 0.3) is 0 Å². The number of aryl methyl sites for hydroxylation is 1. The topological polar surface area (TPSA) is 43.8 Å². The molecule has 1 aromatic heterocycles. The number of anilines is 1. The van der Waals surface area contributed by atoms with Gasteiger partial charge in [0.15, 0.2) is 0 Å². The summed E-state index contributed by atoms with van der Waals surface area (Å²) in [7, 11) is 0. The number of imidazole rings is 1. The van der Waals surface area contributed by atoms with Gasteiger partial charge in [0.1, 0.15) is 11.6 Å². The van der Waals surface area contributed by atoms with Gasteiger partial charge >= 0.3 is 0 Å². The van der Waals surface area contributed by atoms with E-state index in [0.29, 0.717) is 11.6 Å². The number of para-hydroxylation sites is 1. The molecule has 0 aliphatic heterocycles. The second kappa shape index (κ2) is 4.32. The van der Waals surface area contributed by atoms with Crippen molar-refractivity contribution in [3.63, 3.8) is 0 Å². The normalized spacial score (nSPS) is 14.8. The fourth-order valence-electron chi connectivity index (χ4n) is 2.84. The van der Waals surface area contributed by atoms with Crippen molar-refractivity contribution < 1.29 is 4.39 Å². The van der Waals surface area contributed by atoms with Gasteiger partial charge in [0.2, 0.25) is 0 Å². The van der Waals surface area contributed by atoms with E-state index in [0.717, 1.165) is 41.0 Å². The molecule has 21 heavy (non-hydrogen) atoms. The summed E-state index contributed by atoms with van der Waals surface area (Å²) >= 11 is 0. The van der Waals surface area contributed by atoms with Crippen LogP contribution in [0.5, 0.6) is 0 Å². The summed E-state index contributed by atoms with van der Waals surface area (Å²) in [4.78, 5) is 4.65. The summed E-state index contributed by atoms with van der Waals surface area (Å²) in [6, 6.07) is 11.2. The first-order chi connectivity index (χ1) is 10.1. The molecule has 1 heterocycles. The van der Waals surface area contributed by atoms with Crippen LogP contribution in [0.1, 0.15) is 24.4 Å². The van der Waals surface area contributed by atoms with E-state index in [-0.39, 0.29) is 5.82 Å². The zero-order chi connectivity index (χ0) is 14.6. The molecule has 0 unspecified atom stereocenters. The van der Waals surface area contributed by atoms with Crippen LogP contribution in [-0.2, 0) is 0 Å². The predicted octanol–water partition coefficient (Wildman–Crippen LogP) is 4.07.